The van der Waals surface area contributed by atoms with Gasteiger partial charge in [0.15, 0.2) is 0 Å². The molecule has 1 aromatic heterocycles. The summed E-state index contributed by atoms with van der Waals surface area (Å²) in [7, 11) is 0. The number of amides is 1. The van der Waals surface area contributed by atoms with Crippen LogP contribution in [0, 0.1) is 5.92 Å². The van der Waals surface area contributed by atoms with Gasteiger partial charge in [0.05, 0.1) is 0 Å². The Balaban J connectivity index is 0.00000182. The number of anilines is 1. The van der Waals surface area contributed by atoms with Crippen LogP contribution in [0.1, 0.15) is 59.8 Å². The number of carbonyl (C=O) groups excluding carboxylic acids is 1. The zero-order valence-corrected chi connectivity index (χ0v) is 15.2. The van der Waals surface area contributed by atoms with Crippen LogP contribution in [0.5, 0.6) is 0 Å². The minimum absolute atomic E-state index is 0. The van der Waals surface area contributed by atoms with E-state index in [1.807, 2.05) is 6.07 Å². The van der Waals surface area contributed by atoms with Gasteiger partial charge >= 0.3 is 0 Å². The van der Waals surface area contributed by atoms with E-state index in [9.17, 15) is 4.79 Å². The third kappa shape index (κ3) is 7.45. The lowest BCUT2D eigenvalue weighted by molar-refractivity contribution is -0.125. The first-order valence-electron chi connectivity index (χ1n) is 9.85. The summed E-state index contributed by atoms with van der Waals surface area (Å²) < 4.78 is 0. The van der Waals surface area contributed by atoms with Crippen molar-refractivity contribution in [3.63, 3.8) is 0 Å². The molecule has 2 aliphatic rings. The van der Waals surface area contributed by atoms with Gasteiger partial charge in [0, 0.05) is 57.6 Å². The highest BCUT2D eigenvalue weighted by Crippen LogP contribution is 2.22. The van der Waals surface area contributed by atoms with Crippen LogP contribution < -0.4 is 10.2 Å². The normalized spacial score (nSPS) is 19.2. The van der Waals surface area contributed by atoms with Crippen molar-refractivity contribution < 1.29 is 4.79 Å². The number of piperazine rings is 1. The maximum atomic E-state index is 12.4. The molecule has 3 rings (SSSR count). The highest BCUT2D eigenvalue weighted by atomic mass is 16.1. The predicted molar refractivity (Wildman–Crippen MR) is 113 cm³/mol. The molecule has 2 heterocycles. The van der Waals surface area contributed by atoms with Crippen molar-refractivity contribution in [2.75, 3.05) is 44.2 Å². The first kappa shape index (κ1) is 23.3. The Kier molecular flexibility index (Phi) is 10.9. The molecule has 0 radical (unpaired) electrons. The number of hydrogen-bond acceptors (Lipinski definition) is 5. The monoisotopic (exact) mass is 377 g/mol. The third-order valence-electron chi connectivity index (χ3n) is 5.41. The molecule has 1 aliphatic carbocycles. The Morgan fingerprint density at radius 2 is 1.56 bits per heavy atom. The van der Waals surface area contributed by atoms with E-state index in [4.69, 9.17) is 0 Å². The molecule has 0 bridgehead atoms. The number of carbonyl (C=O) groups is 1. The van der Waals surface area contributed by atoms with Gasteiger partial charge in [-0.1, -0.05) is 47.0 Å². The zero-order chi connectivity index (χ0) is 17.3. The van der Waals surface area contributed by atoms with E-state index in [2.05, 4.69) is 25.1 Å². The molecule has 0 spiro atoms. The summed E-state index contributed by atoms with van der Waals surface area (Å²) in [4.78, 5) is 25.7. The second-order valence-corrected chi connectivity index (χ2v) is 7.21. The molecule has 0 aromatic carbocycles. The van der Waals surface area contributed by atoms with Crippen LogP contribution in [-0.2, 0) is 4.79 Å². The largest absolute Gasteiger partial charge is 0.355 e. The molecule has 1 saturated carbocycles. The van der Waals surface area contributed by atoms with Crippen LogP contribution in [0.4, 0.5) is 5.95 Å². The SMILES string of the molecule is C.C.O=C(NCCN1CCN(c2ncccn2)CC1)C1CCCCCCC1. The van der Waals surface area contributed by atoms with Crippen molar-refractivity contribution in [2.45, 2.75) is 59.8 Å². The van der Waals surface area contributed by atoms with Crippen LogP contribution in [0.2, 0.25) is 0 Å². The van der Waals surface area contributed by atoms with E-state index in [1.54, 1.807) is 12.4 Å². The van der Waals surface area contributed by atoms with Gasteiger partial charge in [-0.3, -0.25) is 9.69 Å². The summed E-state index contributed by atoms with van der Waals surface area (Å²) in [6.45, 7) is 5.58. The van der Waals surface area contributed by atoms with Gasteiger partial charge in [-0.15, -0.1) is 0 Å². The molecule has 6 nitrogen and oxygen atoms in total. The van der Waals surface area contributed by atoms with Crippen LogP contribution in [-0.4, -0.2) is 60.0 Å². The molecule has 154 valence electrons. The summed E-state index contributed by atoms with van der Waals surface area (Å²) in [5.74, 6) is 1.34. The van der Waals surface area contributed by atoms with Gasteiger partial charge in [0.2, 0.25) is 11.9 Å². The number of aromatic nitrogens is 2. The van der Waals surface area contributed by atoms with Crippen LogP contribution in [0.3, 0.4) is 0 Å². The molecule has 1 N–H and O–H groups in total. The molecule has 0 unspecified atom stereocenters. The standard InChI is InChI=1S/C19H31N5O.2CH4/c25-18(17-7-4-2-1-3-5-8-17)20-11-12-23-13-15-24(16-14-23)19-21-9-6-10-22-19;;/h6,9-10,17H,1-5,7-8,11-16H2,(H,20,25);2*1H4. The van der Waals surface area contributed by atoms with Gasteiger partial charge in [-0.2, -0.15) is 0 Å². The first-order valence-corrected chi connectivity index (χ1v) is 9.85. The molecule has 1 aromatic rings. The van der Waals surface area contributed by atoms with Crippen LogP contribution in [0.15, 0.2) is 18.5 Å². The Bertz CT molecular complexity index is 509. The lowest BCUT2D eigenvalue weighted by Crippen LogP contribution is -2.49. The van der Waals surface area contributed by atoms with Gasteiger partial charge in [0.1, 0.15) is 0 Å². The van der Waals surface area contributed by atoms with E-state index in [0.717, 1.165) is 58.1 Å². The maximum absolute atomic E-state index is 12.4. The Morgan fingerprint density at radius 1 is 0.963 bits per heavy atom. The predicted octanol–water partition coefficient (Wildman–Crippen LogP) is 3.35. The van der Waals surface area contributed by atoms with Crippen molar-refractivity contribution in [3.8, 4) is 0 Å². The fourth-order valence-electron chi connectivity index (χ4n) is 3.83. The van der Waals surface area contributed by atoms with Gasteiger partial charge in [-0.05, 0) is 18.9 Å². The maximum Gasteiger partial charge on any atom is 0.225 e. The smallest absolute Gasteiger partial charge is 0.225 e. The van der Waals surface area contributed by atoms with Crippen molar-refractivity contribution in [1.29, 1.82) is 0 Å². The summed E-state index contributed by atoms with van der Waals surface area (Å²) in [5.41, 5.74) is 0. The highest BCUT2D eigenvalue weighted by molar-refractivity contribution is 5.78. The van der Waals surface area contributed by atoms with Crippen molar-refractivity contribution in [2.24, 2.45) is 5.92 Å². The number of nitrogens with one attached hydrogen (secondary N) is 1. The minimum Gasteiger partial charge on any atom is -0.355 e. The van der Waals surface area contributed by atoms with Crippen molar-refractivity contribution >= 4 is 11.9 Å². The van der Waals surface area contributed by atoms with E-state index in [-0.39, 0.29) is 26.7 Å². The van der Waals surface area contributed by atoms with E-state index in [0.29, 0.717) is 0 Å². The number of rotatable bonds is 5. The summed E-state index contributed by atoms with van der Waals surface area (Å²) >= 11 is 0. The summed E-state index contributed by atoms with van der Waals surface area (Å²) in [6, 6.07) is 1.85. The molecule has 0 atom stereocenters. The average molecular weight is 378 g/mol. The zero-order valence-electron chi connectivity index (χ0n) is 15.2. The van der Waals surface area contributed by atoms with Crippen molar-refractivity contribution in [1.82, 2.24) is 20.2 Å². The number of hydrogen-bond donors (Lipinski definition) is 1. The second kappa shape index (κ2) is 12.7. The fourth-order valence-corrected chi connectivity index (χ4v) is 3.83. The molecule has 2 fully saturated rings. The molecular formula is C21H39N5O. The highest BCUT2D eigenvalue weighted by Gasteiger charge is 2.21. The summed E-state index contributed by atoms with van der Waals surface area (Å²) in [6.07, 6.45) is 12.1. The summed E-state index contributed by atoms with van der Waals surface area (Å²) in [5, 5.41) is 3.17. The van der Waals surface area contributed by atoms with Gasteiger partial charge in [0.25, 0.3) is 0 Å². The fraction of sp³-hybridized carbons (Fsp3) is 0.762. The lowest BCUT2D eigenvalue weighted by Gasteiger charge is -2.34. The minimum atomic E-state index is 0. The molecular weight excluding hydrogens is 338 g/mol. The van der Waals surface area contributed by atoms with E-state index in [1.165, 1.54) is 32.1 Å². The van der Waals surface area contributed by atoms with E-state index < -0.39 is 0 Å². The van der Waals surface area contributed by atoms with Gasteiger partial charge < -0.3 is 10.2 Å². The Labute approximate surface area is 165 Å². The number of nitrogens with zero attached hydrogens (tertiary/aromatic N) is 4. The topological polar surface area (TPSA) is 61.4 Å². The molecule has 1 saturated heterocycles. The molecule has 1 amide bonds. The van der Waals surface area contributed by atoms with E-state index >= 15 is 0 Å². The van der Waals surface area contributed by atoms with Crippen LogP contribution >= 0.6 is 0 Å². The molecule has 6 heteroatoms. The van der Waals surface area contributed by atoms with Crippen molar-refractivity contribution in [3.05, 3.63) is 18.5 Å². The molecule has 27 heavy (non-hydrogen) atoms. The second-order valence-electron chi connectivity index (χ2n) is 7.21. The third-order valence-corrected chi connectivity index (χ3v) is 5.41. The quantitative estimate of drug-likeness (QED) is 0.853. The van der Waals surface area contributed by atoms with Crippen LogP contribution in [0.25, 0.3) is 0 Å². The lowest BCUT2D eigenvalue weighted by atomic mass is 9.90. The molecule has 1 aliphatic heterocycles. The Hall–Kier alpha value is -1.69. The average Bonchev–Trinajstić information content (AvgIpc) is 2.63. The first-order chi connectivity index (χ1) is 12.3. The van der Waals surface area contributed by atoms with Gasteiger partial charge in [-0.25, -0.2) is 9.97 Å². The Morgan fingerprint density at radius 3 is 2.19 bits per heavy atom.